The molecule has 1 N–H and O–H groups in total. The summed E-state index contributed by atoms with van der Waals surface area (Å²) in [5, 5.41) is 8.92. The van der Waals surface area contributed by atoms with Crippen molar-refractivity contribution in [3.8, 4) is 5.75 Å². The van der Waals surface area contributed by atoms with E-state index in [1.807, 2.05) is 24.3 Å². The van der Waals surface area contributed by atoms with Crippen LogP contribution < -0.4 is 4.74 Å². The molecule has 1 aliphatic rings. The van der Waals surface area contributed by atoms with Gasteiger partial charge >= 0.3 is 5.97 Å². The molecule has 22 heavy (non-hydrogen) atoms. The van der Waals surface area contributed by atoms with Gasteiger partial charge in [0, 0.05) is 19.5 Å². The molecule has 1 aliphatic heterocycles. The second-order valence-corrected chi connectivity index (χ2v) is 5.90. The van der Waals surface area contributed by atoms with E-state index in [1.54, 1.807) is 4.90 Å². The van der Waals surface area contributed by atoms with Gasteiger partial charge in [0.25, 0.3) is 0 Å². The van der Waals surface area contributed by atoms with Gasteiger partial charge in [0.15, 0.2) is 0 Å². The molecule has 0 bridgehead atoms. The lowest BCUT2D eigenvalue weighted by molar-refractivity contribution is -0.141. The third kappa shape index (κ3) is 5.18. The molecule has 1 amide bonds. The van der Waals surface area contributed by atoms with Crippen LogP contribution in [0.15, 0.2) is 28.7 Å². The summed E-state index contributed by atoms with van der Waals surface area (Å²) in [6.07, 6.45) is 1.56. The Morgan fingerprint density at radius 3 is 2.73 bits per heavy atom. The molecular weight excluding hydrogens is 374 g/mol. The number of carboxylic acids is 1. The molecule has 1 aromatic rings. The highest BCUT2D eigenvalue weighted by Gasteiger charge is 2.30. The minimum absolute atomic E-state index is 0. The fraction of sp³-hybridized carbons (Fsp3) is 0.467. The van der Waals surface area contributed by atoms with Crippen LogP contribution in [0.1, 0.15) is 19.3 Å². The molecule has 0 radical (unpaired) electrons. The summed E-state index contributed by atoms with van der Waals surface area (Å²) < 4.78 is 6.49. The summed E-state index contributed by atoms with van der Waals surface area (Å²) in [5.74, 6) is -0.459. The minimum Gasteiger partial charge on any atom is -0.492 e. The number of halogens is 2. The largest absolute Gasteiger partial charge is 0.492 e. The first-order chi connectivity index (χ1) is 10.1. The highest BCUT2D eigenvalue weighted by Crippen LogP contribution is 2.24. The van der Waals surface area contributed by atoms with Crippen LogP contribution in [0, 0.1) is 5.92 Å². The number of para-hydroxylation sites is 1. The first kappa shape index (κ1) is 18.8. The van der Waals surface area contributed by atoms with E-state index in [1.165, 1.54) is 0 Å². The molecule has 7 heteroatoms. The Bertz CT molecular complexity index is 526. The molecular formula is C15H19BrClNO4. The zero-order valence-corrected chi connectivity index (χ0v) is 14.4. The first-order valence-electron chi connectivity index (χ1n) is 6.96. The summed E-state index contributed by atoms with van der Waals surface area (Å²) in [4.78, 5) is 24.5. The van der Waals surface area contributed by atoms with Crippen molar-refractivity contribution in [3.63, 3.8) is 0 Å². The second kappa shape index (κ2) is 9.00. The number of benzene rings is 1. The van der Waals surface area contributed by atoms with E-state index < -0.39 is 11.9 Å². The predicted octanol–water partition coefficient (Wildman–Crippen LogP) is 2.96. The Labute approximate surface area is 144 Å². The number of nitrogens with zero attached hydrogens (tertiary/aromatic N) is 1. The minimum atomic E-state index is -0.817. The first-order valence-corrected chi connectivity index (χ1v) is 7.75. The average Bonchev–Trinajstić information content (AvgIpc) is 2.95. The van der Waals surface area contributed by atoms with Crippen molar-refractivity contribution in [2.24, 2.45) is 5.92 Å². The lowest BCUT2D eigenvalue weighted by Crippen LogP contribution is -2.30. The number of rotatable bonds is 6. The van der Waals surface area contributed by atoms with Crippen molar-refractivity contribution in [2.45, 2.75) is 19.3 Å². The molecule has 1 heterocycles. The maximum atomic E-state index is 12.0. The monoisotopic (exact) mass is 391 g/mol. The van der Waals surface area contributed by atoms with Gasteiger partial charge in [-0.05, 0) is 40.9 Å². The Kier molecular flexibility index (Phi) is 7.68. The fourth-order valence-corrected chi connectivity index (χ4v) is 2.71. The summed E-state index contributed by atoms with van der Waals surface area (Å²) in [7, 11) is 0. The molecule has 1 atom stereocenters. The molecule has 0 aromatic heterocycles. The average molecular weight is 393 g/mol. The SMILES string of the molecule is Cl.O=C(O)C1CCN(C(=O)CCCOc2ccccc2Br)C1. The van der Waals surface area contributed by atoms with Crippen LogP contribution in [0.5, 0.6) is 5.75 Å². The molecule has 0 saturated carbocycles. The molecule has 1 saturated heterocycles. The number of amides is 1. The predicted molar refractivity (Wildman–Crippen MR) is 88.4 cm³/mol. The Morgan fingerprint density at radius 2 is 2.09 bits per heavy atom. The van der Waals surface area contributed by atoms with Crippen molar-refractivity contribution in [1.82, 2.24) is 4.90 Å². The van der Waals surface area contributed by atoms with Gasteiger partial charge in [0.1, 0.15) is 5.75 Å². The highest BCUT2D eigenvalue weighted by atomic mass is 79.9. The molecule has 122 valence electrons. The van der Waals surface area contributed by atoms with E-state index in [2.05, 4.69) is 15.9 Å². The van der Waals surface area contributed by atoms with Gasteiger partial charge in [-0.15, -0.1) is 12.4 Å². The Hall–Kier alpha value is -1.27. The summed E-state index contributed by atoms with van der Waals surface area (Å²) in [5.41, 5.74) is 0. The van der Waals surface area contributed by atoms with E-state index in [0.717, 1.165) is 10.2 Å². The van der Waals surface area contributed by atoms with E-state index in [9.17, 15) is 9.59 Å². The fourth-order valence-electron chi connectivity index (χ4n) is 2.31. The maximum absolute atomic E-state index is 12.0. The van der Waals surface area contributed by atoms with Crippen LogP contribution in [-0.4, -0.2) is 41.6 Å². The maximum Gasteiger partial charge on any atom is 0.308 e. The van der Waals surface area contributed by atoms with Crippen LogP contribution in [0.25, 0.3) is 0 Å². The zero-order valence-electron chi connectivity index (χ0n) is 12.0. The van der Waals surface area contributed by atoms with Crippen LogP contribution in [0.4, 0.5) is 0 Å². The number of hydrogen-bond acceptors (Lipinski definition) is 3. The second-order valence-electron chi connectivity index (χ2n) is 5.05. The molecule has 5 nitrogen and oxygen atoms in total. The Balaban J connectivity index is 0.00000242. The topological polar surface area (TPSA) is 66.8 Å². The standard InChI is InChI=1S/C15H18BrNO4.ClH/c16-12-4-1-2-5-13(12)21-9-3-6-14(18)17-8-7-11(10-17)15(19)20;/h1-2,4-5,11H,3,6-10H2,(H,19,20);1H. The summed E-state index contributed by atoms with van der Waals surface area (Å²) >= 11 is 3.40. The van der Waals surface area contributed by atoms with Crippen molar-refractivity contribution in [1.29, 1.82) is 0 Å². The molecule has 0 aliphatic carbocycles. The van der Waals surface area contributed by atoms with Gasteiger partial charge in [-0.2, -0.15) is 0 Å². The number of hydrogen-bond donors (Lipinski definition) is 1. The molecule has 0 spiro atoms. The molecule has 2 rings (SSSR count). The van der Waals surface area contributed by atoms with Crippen LogP contribution in [-0.2, 0) is 9.59 Å². The van der Waals surface area contributed by atoms with Crippen molar-refractivity contribution < 1.29 is 19.4 Å². The number of ether oxygens (including phenoxy) is 1. The van der Waals surface area contributed by atoms with Crippen molar-refractivity contribution in [2.75, 3.05) is 19.7 Å². The number of aliphatic carboxylic acids is 1. The number of carboxylic acid groups (broad SMARTS) is 1. The van der Waals surface area contributed by atoms with Gasteiger partial charge in [0.05, 0.1) is 17.0 Å². The van der Waals surface area contributed by atoms with Gasteiger partial charge < -0.3 is 14.7 Å². The van der Waals surface area contributed by atoms with E-state index in [0.29, 0.717) is 39.0 Å². The molecule has 1 unspecified atom stereocenters. The molecule has 1 fully saturated rings. The summed E-state index contributed by atoms with van der Waals surface area (Å²) in [6.45, 7) is 1.34. The number of carbonyl (C=O) groups is 2. The van der Waals surface area contributed by atoms with E-state index in [-0.39, 0.29) is 18.3 Å². The van der Waals surface area contributed by atoms with Crippen LogP contribution >= 0.6 is 28.3 Å². The van der Waals surface area contributed by atoms with Crippen molar-refractivity contribution >= 4 is 40.2 Å². The van der Waals surface area contributed by atoms with Gasteiger partial charge in [-0.1, -0.05) is 12.1 Å². The van der Waals surface area contributed by atoms with Crippen LogP contribution in [0.2, 0.25) is 0 Å². The lowest BCUT2D eigenvalue weighted by Gasteiger charge is -2.15. The lowest BCUT2D eigenvalue weighted by atomic mass is 10.1. The summed E-state index contributed by atoms with van der Waals surface area (Å²) in [6, 6.07) is 7.56. The Morgan fingerprint density at radius 1 is 1.36 bits per heavy atom. The molecule has 1 aromatic carbocycles. The normalized spacial score (nSPS) is 17.0. The number of carbonyl (C=O) groups excluding carboxylic acids is 1. The zero-order chi connectivity index (χ0) is 15.2. The third-order valence-electron chi connectivity index (χ3n) is 3.52. The van der Waals surface area contributed by atoms with Gasteiger partial charge in [-0.25, -0.2) is 0 Å². The van der Waals surface area contributed by atoms with Crippen molar-refractivity contribution in [3.05, 3.63) is 28.7 Å². The van der Waals surface area contributed by atoms with Gasteiger partial charge in [-0.3, -0.25) is 9.59 Å². The van der Waals surface area contributed by atoms with Crippen LogP contribution in [0.3, 0.4) is 0 Å². The highest BCUT2D eigenvalue weighted by molar-refractivity contribution is 9.10. The van der Waals surface area contributed by atoms with E-state index in [4.69, 9.17) is 9.84 Å². The smallest absolute Gasteiger partial charge is 0.308 e. The third-order valence-corrected chi connectivity index (χ3v) is 4.17. The van der Waals surface area contributed by atoms with E-state index >= 15 is 0 Å². The number of likely N-dealkylation sites (tertiary alicyclic amines) is 1. The quantitative estimate of drug-likeness (QED) is 0.756. The van der Waals surface area contributed by atoms with Gasteiger partial charge in [0.2, 0.25) is 5.91 Å².